The van der Waals surface area contributed by atoms with E-state index in [2.05, 4.69) is 5.32 Å². The zero-order valence-electron chi connectivity index (χ0n) is 16.1. The fraction of sp³-hybridized carbons (Fsp3) is 0.136. The Balaban J connectivity index is 1.71. The number of carbonyl (C=O) groups excluding carboxylic acids is 1. The number of hydrogen-bond donors (Lipinski definition) is 1. The van der Waals surface area contributed by atoms with Gasteiger partial charge in [-0.05, 0) is 48.9 Å². The van der Waals surface area contributed by atoms with Gasteiger partial charge in [-0.3, -0.25) is 9.10 Å². The molecule has 0 saturated heterocycles. The van der Waals surface area contributed by atoms with Crippen molar-refractivity contribution in [2.24, 2.45) is 0 Å². The normalized spacial score (nSPS) is 15.8. The van der Waals surface area contributed by atoms with E-state index in [4.69, 9.17) is 16.3 Å². The van der Waals surface area contributed by atoms with Gasteiger partial charge in [0.25, 0.3) is 15.9 Å². The summed E-state index contributed by atoms with van der Waals surface area (Å²) in [6, 6.07) is 20.1. The number of benzene rings is 3. The van der Waals surface area contributed by atoms with E-state index in [1.54, 1.807) is 36.4 Å². The molecule has 0 aromatic heterocycles. The van der Waals surface area contributed by atoms with Gasteiger partial charge in [-0.2, -0.15) is 0 Å². The van der Waals surface area contributed by atoms with Gasteiger partial charge in [-0.1, -0.05) is 48.0 Å². The Morgan fingerprint density at radius 3 is 2.50 bits per heavy atom. The molecule has 0 unspecified atom stereocenters. The lowest BCUT2D eigenvalue weighted by molar-refractivity contribution is -0.122. The monoisotopic (exact) mass is 442 g/mol. The van der Waals surface area contributed by atoms with Crippen LogP contribution in [0.4, 0.5) is 11.4 Å². The molecule has 1 heterocycles. The molecule has 30 heavy (non-hydrogen) atoms. The first-order valence-electron chi connectivity index (χ1n) is 9.27. The third-order valence-electron chi connectivity index (χ3n) is 4.82. The van der Waals surface area contributed by atoms with Gasteiger partial charge in [-0.15, -0.1) is 0 Å². The molecule has 6 nitrogen and oxygen atoms in total. The number of anilines is 2. The molecule has 1 aliphatic rings. The number of sulfonamides is 1. The summed E-state index contributed by atoms with van der Waals surface area (Å²) in [4.78, 5) is 13.0. The van der Waals surface area contributed by atoms with Crippen molar-refractivity contribution in [3.8, 4) is 5.75 Å². The van der Waals surface area contributed by atoms with Gasteiger partial charge in [0.05, 0.1) is 17.1 Å². The fourth-order valence-corrected chi connectivity index (χ4v) is 4.89. The number of carbonyl (C=O) groups is 1. The quantitative estimate of drug-likeness (QED) is 0.655. The highest BCUT2D eigenvalue weighted by Gasteiger charge is 2.37. The van der Waals surface area contributed by atoms with E-state index in [-0.39, 0.29) is 17.2 Å². The second-order valence-corrected chi connectivity index (χ2v) is 9.17. The van der Waals surface area contributed by atoms with Crippen LogP contribution < -0.4 is 14.4 Å². The van der Waals surface area contributed by atoms with Crippen LogP contribution in [0.1, 0.15) is 5.56 Å². The van der Waals surface area contributed by atoms with Gasteiger partial charge in [0.2, 0.25) is 0 Å². The van der Waals surface area contributed by atoms with Crippen molar-refractivity contribution in [2.45, 2.75) is 17.9 Å². The molecule has 0 bridgehead atoms. The van der Waals surface area contributed by atoms with E-state index in [0.717, 1.165) is 5.56 Å². The molecular weight excluding hydrogens is 424 g/mol. The van der Waals surface area contributed by atoms with E-state index >= 15 is 0 Å². The molecule has 1 aliphatic heterocycles. The summed E-state index contributed by atoms with van der Waals surface area (Å²) in [6.07, 6.45) is -1.03. The summed E-state index contributed by atoms with van der Waals surface area (Å²) in [5.74, 6) is -0.159. The number of nitrogens with one attached hydrogen (secondary N) is 1. The average molecular weight is 443 g/mol. The average Bonchev–Trinajstić information content (AvgIpc) is 2.75. The Bertz CT molecular complexity index is 1200. The Morgan fingerprint density at radius 1 is 1.07 bits per heavy atom. The number of halogens is 1. The maximum absolute atomic E-state index is 13.3. The van der Waals surface area contributed by atoms with Crippen molar-refractivity contribution < 1.29 is 17.9 Å². The van der Waals surface area contributed by atoms with Crippen molar-refractivity contribution in [1.29, 1.82) is 0 Å². The minimum absolute atomic E-state index is 0.121. The number of hydrogen-bond acceptors (Lipinski definition) is 4. The van der Waals surface area contributed by atoms with Crippen molar-refractivity contribution in [3.05, 3.63) is 83.4 Å². The van der Waals surface area contributed by atoms with Crippen molar-refractivity contribution in [1.82, 2.24) is 0 Å². The molecule has 4 rings (SSSR count). The summed E-state index contributed by atoms with van der Waals surface area (Å²) in [5, 5.41) is 3.19. The highest BCUT2D eigenvalue weighted by Crippen LogP contribution is 2.39. The van der Waals surface area contributed by atoms with Gasteiger partial charge in [0, 0.05) is 10.7 Å². The van der Waals surface area contributed by atoms with Crippen LogP contribution in [0.3, 0.4) is 0 Å². The third kappa shape index (κ3) is 3.86. The van der Waals surface area contributed by atoms with E-state index in [1.165, 1.54) is 22.5 Å². The van der Waals surface area contributed by atoms with Crippen LogP contribution in [0.25, 0.3) is 0 Å². The maximum atomic E-state index is 13.3. The second kappa shape index (κ2) is 8.01. The van der Waals surface area contributed by atoms with E-state index in [1.807, 2.05) is 25.1 Å². The number of ether oxygens (including phenoxy) is 1. The zero-order valence-corrected chi connectivity index (χ0v) is 17.7. The van der Waals surface area contributed by atoms with Crippen LogP contribution in [0.2, 0.25) is 5.02 Å². The minimum Gasteiger partial charge on any atom is -0.476 e. The van der Waals surface area contributed by atoms with Crippen molar-refractivity contribution >= 4 is 38.9 Å². The number of para-hydroxylation sites is 1. The molecule has 0 fully saturated rings. The molecule has 0 radical (unpaired) electrons. The number of fused-ring (bicyclic) bond motifs is 1. The lowest BCUT2D eigenvalue weighted by Gasteiger charge is -2.35. The number of rotatable bonds is 4. The predicted octanol–water partition coefficient (Wildman–Crippen LogP) is 4.24. The summed E-state index contributed by atoms with van der Waals surface area (Å²) in [6.45, 7) is 1.70. The van der Waals surface area contributed by atoms with E-state index in [9.17, 15) is 13.2 Å². The molecule has 1 atom stereocenters. The SMILES string of the molecule is Cc1ccccc1NC(=O)[C@@H]1CN(S(=O)(=O)c2ccccc2)c2cc(Cl)ccc2O1. The Morgan fingerprint density at radius 2 is 1.77 bits per heavy atom. The molecule has 8 heteroatoms. The van der Waals surface area contributed by atoms with Crippen molar-refractivity contribution in [2.75, 3.05) is 16.2 Å². The van der Waals surface area contributed by atoms with Crippen LogP contribution in [-0.4, -0.2) is 27.0 Å². The first kappa shape index (κ1) is 20.3. The van der Waals surface area contributed by atoms with Gasteiger partial charge < -0.3 is 10.1 Å². The van der Waals surface area contributed by atoms with E-state index in [0.29, 0.717) is 16.4 Å². The predicted molar refractivity (Wildman–Crippen MR) is 117 cm³/mol. The van der Waals surface area contributed by atoms with Crippen LogP contribution in [0, 0.1) is 6.92 Å². The second-order valence-electron chi connectivity index (χ2n) is 6.87. The standard InChI is InChI=1S/C22H19ClN2O4S/c1-15-7-5-6-10-18(15)24-22(26)21-14-25(19-13-16(23)11-12-20(19)29-21)30(27,28)17-8-3-2-4-9-17/h2-13,21H,14H2,1H3,(H,24,26)/t21-/m0/s1. The Hall–Kier alpha value is -3.03. The number of nitrogens with zero attached hydrogens (tertiary/aromatic N) is 1. The highest BCUT2D eigenvalue weighted by molar-refractivity contribution is 7.92. The minimum atomic E-state index is -3.92. The summed E-state index contributed by atoms with van der Waals surface area (Å²) in [5.41, 5.74) is 1.83. The molecule has 0 saturated carbocycles. The Labute approximate surface area is 180 Å². The molecule has 0 aliphatic carbocycles. The molecule has 3 aromatic carbocycles. The van der Waals surface area contributed by atoms with Gasteiger partial charge in [-0.25, -0.2) is 8.42 Å². The van der Waals surface area contributed by atoms with Crippen LogP contribution >= 0.6 is 11.6 Å². The first-order chi connectivity index (χ1) is 14.4. The van der Waals surface area contributed by atoms with Crippen LogP contribution in [-0.2, 0) is 14.8 Å². The summed E-state index contributed by atoms with van der Waals surface area (Å²) in [7, 11) is -3.92. The number of aryl methyl sites for hydroxylation is 1. The molecule has 3 aromatic rings. The molecule has 1 amide bonds. The van der Waals surface area contributed by atoms with Crippen molar-refractivity contribution in [3.63, 3.8) is 0 Å². The fourth-order valence-electron chi connectivity index (χ4n) is 3.23. The van der Waals surface area contributed by atoms with Crippen LogP contribution in [0.15, 0.2) is 77.7 Å². The number of amides is 1. The lowest BCUT2D eigenvalue weighted by atomic mass is 10.2. The highest BCUT2D eigenvalue weighted by atomic mass is 35.5. The summed E-state index contributed by atoms with van der Waals surface area (Å²) >= 11 is 6.11. The largest absolute Gasteiger partial charge is 0.476 e. The molecule has 1 N–H and O–H groups in total. The molecule has 0 spiro atoms. The van der Waals surface area contributed by atoms with Gasteiger partial charge >= 0.3 is 0 Å². The molecular formula is C22H19ClN2O4S. The van der Waals surface area contributed by atoms with Gasteiger partial charge in [0.1, 0.15) is 5.75 Å². The van der Waals surface area contributed by atoms with Crippen LogP contribution in [0.5, 0.6) is 5.75 Å². The molecule has 154 valence electrons. The smallest absolute Gasteiger partial charge is 0.267 e. The maximum Gasteiger partial charge on any atom is 0.267 e. The lowest BCUT2D eigenvalue weighted by Crippen LogP contribution is -2.48. The topological polar surface area (TPSA) is 75.7 Å². The first-order valence-corrected chi connectivity index (χ1v) is 11.1. The Kier molecular flexibility index (Phi) is 5.40. The summed E-state index contributed by atoms with van der Waals surface area (Å²) < 4.78 is 33.7. The third-order valence-corrected chi connectivity index (χ3v) is 6.85. The van der Waals surface area contributed by atoms with Gasteiger partial charge in [0.15, 0.2) is 6.10 Å². The zero-order chi connectivity index (χ0) is 21.3. The van der Waals surface area contributed by atoms with E-state index < -0.39 is 22.0 Å².